The molecule has 1 fully saturated rings. The highest BCUT2D eigenvalue weighted by atomic mass is 35.5. The number of methoxy groups -OCH3 is 1. The number of pyridine rings is 1. The third-order valence-electron chi connectivity index (χ3n) is 6.87. The maximum Gasteiger partial charge on any atom is 0.309 e. The van der Waals surface area contributed by atoms with Crippen LogP contribution in [0.5, 0.6) is 0 Å². The minimum atomic E-state index is -3.64. The lowest BCUT2D eigenvalue weighted by molar-refractivity contribution is -0.139. The Morgan fingerprint density at radius 3 is 2.68 bits per heavy atom. The van der Waals surface area contributed by atoms with Crippen molar-refractivity contribution in [1.29, 1.82) is 0 Å². The van der Waals surface area contributed by atoms with Crippen LogP contribution >= 0.6 is 11.6 Å². The number of hydrogen-bond acceptors (Lipinski definition) is 9. The first-order chi connectivity index (χ1) is 18.2. The van der Waals surface area contributed by atoms with Gasteiger partial charge in [-0.05, 0) is 55.5 Å². The third-order valence-corrected chi connectivity index (χ3v) is 8.97. The number of sulfone groups is 1. The van der Waals surface area contributed by atoms with Crippen molar-refractivity contribution < 1.29 is 22.3 Å². The van der Waals surface area contributed by atoms with Crippen molar-refractivity contribution in [1.82, 2.24) is 15.0 Å². The van der Waals surface area contributed by atoms with Crippen LogP contribution in [-0.4, -0.2) is 55.3 Å². The standard InChI is InChI=1S/C26H27ClFN5O4S/c1-37-23(34)14-16-4-6-21(19(28)13-16)30-25-24-22(3-2-12-38(24,35)36)31-26(32-25)33-10-8-17(9-11-33)20-7-5-18(27)15-29-20/h4-7,13,15,17H,2-3,8-12,14H2,1H3,(H,30,31,32). The lowest BCUT2D eigenvalue weighted by Crippen LogP contribution is -2.35. The summed E-state index contributed by atoms with van der Waals surface area (Å²) in [5.74, 6) is -0.389. The van der Waals surface area contributed by atoms with Gasteiger partial charge in [0.15, 0.2) is 15.7 Å². The van der Waals surface area contributed by atoms with E-state index in [2.05, 4.69) is 25.0 Å². The molecule has 200 valence electrons. The molecular weight excluding hydrogens is 533 g/mol. The number of nitrogens with zero attached hydrogens (tertiary/aromatic N) is 4. The van der Waals surface area contributed by atoms with E-state index in [0.29, 0.717) is 48.2 Å². The van der Waals surface area contributed by atoms with Crippen molar-refractivity contribution in [2.45, 2.75) is 42.9 Å². The lowest BCUT2D eigenvalue weighted by atomic mass is 9.93. The lowest BCUT2D eigenvalue weighted by Gasteiger charge is -2.32. The van der Waals surface area contributed by atoms with Gasteiger partial charge in [0, 0.05) is 30.9 Å². The molecule has 1 saturated heterocycles. The van der Waals surface area contributed by atoms with Gasteiger partial charge in [0.2, 0.25) is 5.95 Å². The van der Waals surface area contributed by atoms with Crippen molar-refractivity contribution in [3.05, 3.63) is 64.3 Å². The van der Waals surface area contributed by atoms with Gasteiger partial charge in [-0.15, -0.1) is 0 Å². The maximum atomic E-state index is 15.0. The van der Waals surface area contributed by atoms with Gasteiger partial charge in [-0.1, -0.05) is 17.7 Å². The molecule has 0 aliphatic carbocycles. The minimum Gasteiger partial charge on any atom is -0.469 e. The van der Waals surface area contributed by atoms with Crippen molar-refractivity contribution >= 4 is 44.9 Å². The van der Waals surface area contributed by atoms with E-state index in [1.54, 1.807) is 12.3 Å². The molecule has 0 bridgehead atoms. The molecule has 12 heteroatoms. The molecule has 1 N–H and O–H groups in total. The number of ether oxygens (including phenoxy) is 1. The number of rotatable bonds is 6. The van der Waals surface area contributed by atoms with Gasteiger partial charge in [0.25, 0.3) is 0 Å². The first-order valence-electron chi connectivity index (χ1n) is 12.4. The number of benzene rings is 1. The Bertz CT molecular complexity index is 1460. The average molecular weight is 560 g/mol. The Balaban J connectivity index is 1.42. The SMILES string of the molecule is COC(=O)Cc1ccc(Nc2nc(N3CCC(c4ccc(Cl)cn4)CC3)nc3c2S(=O)(=O)CCC3)c(F)c1. The van der Waals surface area contributed by atoms with E-state index < -0.39 is 21.6 Å². The predicted octanol–water partition coefficient (Wildman–Crippen LogP) is 4.23. The van der Waals surface area contributed by atoms with E-state index in [1.807, 2.05) is 17.0 Å². The summed E-state index contributed by atoms with van der Waals surface area (Å²) < 4.78 is 45.6. The summed E-state index contributed by atoms with van der Waals surface area (Å²) in [4.78, 5) is 27.3. The van der Waals surface area contributed by atoms with Gasteiger partial charge in [-0.3, -0.25) is 9.78 Å². The first-order valence-corrected chi connectivity index (χ1v) is 14.4. The van der Waals surface area contributed by atoms with Gasteiger partial charge < -0.3 is 15.0 Å². The van der Waals surface area contributed by atoms with Crippen LogP contribution in [0, 0.1) is 5.82 Å². The Morgan fingerprint density at radius 1 is 1.21 bits per heavy atom. The molecule has 1 aromatic carbocycles. The fourth-order valence-corrected chi connectivity index (χ4v) is 6.62. The van der Waals surface area contributed by atoms with E-state index in [4.69, 9.17) is 11.6 Å². The number of piperidine rings is 1. The highest BCUT2D eigenvalue weighted by Crippen LogP contribution is 2.35. The molecule has 3 aromatic rings. The van der Waals surface area contributed by atoms with Crippen LogP contribution in [0.25, 0.3) is 0 Å². The van der Waals surface area contributed by atoms with Crippen LogP contribution < -0.4 is 10.2 Å². The first kappa shape index (κ1) is 26.3. The summed E-state index contributed by atoms with van der Waals surface area (Å²) in [5.41, 5.74) is 1.92. The van der Waals surface area contributed by atoms with Gasteiger partial charge in [-0.2, -0.15) is 4.98 Å². The molecule has 0 radical (unpaired) electrons. The van der Waals surface area contributed by atoms with E-state index in [1.165, 1.54) is 19.2 Å². The third kappa shape index (κ3) is 5.58. The number of aryl methyl sites for hydroxylation is 1. The van der Waals surface area contributed by atoms with Gasteiger partial charge in [0.05, 0.1) is 35.7 Å². The number of hydrogen-bond donors (Lipinski definition) is 1. The Hall–Kier alpha value is -3.31. The van der Waals surface area contributed by atoms with Crippen LogP contribution in [0.15, 0.2) is 41.4 Å². The number of carbonyl (C=O) groups is 1. The van der Waals surface area contributed by atoms with Crippen molar-refractivity contribution in [2.75, 3.05) is 36.2 Å². The zero-order chi connectivity index (χ0) is 26.9. The molecular formula is C26H27ClFN5O4S. The fourth-order valence-electron chi connectivity index (χ4n) is 4.88. The highest BCUT2D eigenvalue weighted by Gasteiger charge is 2.32. The van der Waals surface area contributed by atoms with Crippen LogP contribution in [-0.2, 0) is 32.2 Å². The average Bonchev–Trinajstić information content (AvgIpc) is 2.90. The molecule has 2 aliphatic rings. The largest absolute Gasteiger partial charge is 0.469 e. The number of nitrogens with one attached hydrogen (secondary N) is 1. The quantitative estimate of drug-likeness (QED) is 0.443. The molecule has 0 spiro atoms. The fraction of sp³-hybridized carbons (Fsp3) is 0.385. The van der Waals surface area contributed by atoms with Crippen molar-refractivity contribution in [2.24, 2.45) is 0 Å². The molecule has 0 atom stereocenters. The van der Waals surface area contributed by atoms with Crippen molar-refractivity contribution in [3.63, 3.8) is 0 Å². The maximum absolute atomic E-state index is 15.0. The second kappa shape index (κ2) is 10.8. The topological polar surface area (TPSA) is 114 Å². The number of halogens is 2. The number of aromatic nitrogens is 3. The molecule has 4 heterocycles. The zero-order valence-electron chi connectivity index (χ0n) is 20.8. The second-order valence-electron chi connectivity index (χ2n) is 9.43. The van der Waals surface area contributed by atoms with Gasteiger partial charge in [-0.25, -0.2) is 17.8 Å². The summed E-state index contributed by atoms with van der Waals surface area (Å²) in [6.07, 6.45) is 4.18. The Labute approximate surface area is 225 Å². The Kier molecular flexibility index (Phi) is 7.49. The van der Waals surface area contributed by atoms with Gasteiger partial charge >= 0.3 is 5.97 Å². The summed E-state index contributed by atoms with van der Waals surface area (Å²) in [5, 5.41) is 3.49. The molecule has 2 aromatic heterocycles. The number of anilines is 3. The van der Waals surface area contributed by atoms with Crippen LogP contribution in [0.4, 0.5) is 21.8 Å². The minimum absolute atomic E-state index is 0.0164. The molecule has 0 saturated carbocycles. The molecule has 2 aliphatic heterocycles. The molecule has 0 amide bonds. The predicted molar refractivity (Wildman–Crippen MR) is 141 cm³/mol. The van der Waals surface area contributed by atoms with Crippen molar-refractivity contribution in [3.8, 4) is 0 Å². The summed E-state index contributed by atoms with van der Waals surface area (Å²) in [6, 6.07) is 8.04. The normalized spacial score (nSPS) is 17.1. The van der Waals surface area contributed by atoms with E-state index in [-0.39, 0.29) is 34.5 Å². The zero-order valence-corrected chi connectivity index (χ0v) is 22.4. The van der Waals surface area contributed by atoms with Crippen LogP contribution in [0.3, 0.4) is 0 Å². The number of fused-ring (bicyclic) bond motifs is 1. The second-order valence-corrected chi connectivity index (χ2v) is 11.9. The Morgan fingerprint density at radius 2 is 2.00 bits per heavy atom. The van der Waals surface area contributed by atoms with E-state index in [0.717, 1.165) is 18.5 Å². The van der Waals surface area contributed by atoms with E-state index >= 15 is 0 Å². The van der Waals surface area contributed by atoms with E-state index in [9.17, 15) is 17.6 Å². The molecule has 0 unspecified atom stereocenters. The molecule has 38 heavy (non-hydrogen) atoms. The number of esters is 1. The number of carbonyl (C=O) groups excluding carboxylic acids is 1. The summed E-state index contributed by atoms with van der Waals surface area (Å²) >= 11 is 5.97. The highest BCUT2D eigenvalue weighted by molar-refractivity contribution is 7.91. The molecule has 9 nitrogen and oxygen atoms in total. The summed E-state index contributed by atoms with van der Waals surface area (Å²) in [6.45, 7) is 1.33. The monoisotopic (exact) mass is 559 g/mol. The van der Waals surface area contributed by atoms with Gasteiger partial charge in [0.1, 0.15) is 10.7 Å². The smallest absolute Gasteiger partial charge is 0.309 e. The molecule has 5 rings (SSSR count). The van der Waals surface area contributed by atoms with Crippen LogP contribution in [0.1, 0.15) is 42.1 Å². The van der Waals surface area contributed by atoms with Crippen LogP contribution in [0.2, 0.25) is 5.02 Å². The summed E-state index contributed by atoms with van der Waals surface area (Å²) in [7, 11) is -2.37.